The average molecular weight is 318 g/mol. The SMILES string of the molecule is O=C(O)CC[C@H](NC(=O)CCc1c[nH]c2ccccc12)C(=O)O. The first-order valence-electron chi connectivity index (χ1n) is 7.26. The summed E-state index contributed by atoms with van der Waals surface area (Å²) < 4.78 is 0. The summed E-state index contributed by atoms with van der Waals surface area (Å²) in [6, 6.07) is 6.53. The Morgan fingerprint density at radius 2 is 1.87 bits per heavy atom. The number of aliphatic carboxylic acids is 2. The van der Waals surface area contributed by atoms with E-state index < -0.39 is 23.9 Å². The van der Waals surface area contributed by atoms with Gasteiger partial charge in [0.1, 0.15) is 6.04 Å². The molecule has 1 amide bonds. The molecule has 2 aromatic rings. The normalized spacial score (nSPS) is 12.0. The molecule has 1 aromatic heterocycles. The molecule has 0 bridgehead atoms. The number of nitrogens with one attached hydrogen (secondary N) is 2. The van der Waals surface area contributed by atoms with Gasteiger partial charge in [-0.1, -0.05) is 18.2 Å². The quantitative estimate of drug-likeness (QED) is 0.588. The van der Waals surface area contributed by atoms with Gasteiger partial charge in [-0.05, 0) is 24.5 Å². The second-order valence-corrected chi connectivity index (χ2v) is 5.25. The molecule has 0 fully saturated rings. The second kappa shape index (κ2) is 7.44. The second-order valence-electron chi connectivity index (χ2n) is 5.25. The van der Waals surface area contributed by atoms with Gasteiger partial charge < -0.3 is 20.5 Å². The summed E-state index contributed by atoms with van der Waals surface area (Å²) in [4.78, 5) is 36.6. The van der Waals surface area contributed by atoms with E-state index in [1.54, 1.807) is 0 Å². The zero-order chi connectivity index (χ0) is 16.8. The lowest BCUT2D eigenvalue weighted by molar-refractivity contribution is -0.143. The van der Waals surface area contributed by atoms with Crippen LogP contribution in [0.25, 0.3) is 10.9 Å². The van der Waals surface area contributed by atoms with Gasteiger partial charge >= 0.3 is 11.9 Å². The van der Waals surface area contributed by atoms with Crippen molar-refractivity contribution in [3.05, 3.63) is 36.0 Å². The molecule has 0 spiro atoms. The molecule has 0 saturated carbocycles. The van der Waals surface area contributed by atoms with Crippen molar-refractivity contribution >= 4 is 28.7 Å². The smallest absolute Gasteiger partial charge is 0.326 e. The Morgan fingerprint density at radius 3 is 2.57 bits per heavy atom. The molecule has 4 N–H and O–H groups in total. The van der Waals surface area contributed by atoms with Crippen LogP contribution in [0.3, 0.4) is 0 Å². The van der Waals surface area contributed by atoms with Gasteiger partial charge in [0, 0.05) is 29.9 Å². The molecule has 0 saturated heterocycles. The lowest BCUT2D eigenvalue weighted by Crippen LogP contribution is -2.41. The zero-order valence-corrected chi connectivity index (χ0v) is 12.4. The molecule has 1 atom stereocenters. The van der Waals surface area contributed by atoms with Crippen molar-refractivity contribution in [3.8, 4) is 0 Å². The Bertz CT molecular complexity index is 722. The molecular formula is C16H18N2O5. The number of benzene rings is 1. The molecule has 0 aliphatic rings. The van der Waals surface area contributed by atoms with Gasteiger partial charge in [0.25, 0.3) is 0 Å². The van der Waals surface area contributed by atoms with Crippen LogP contribution in [0.15, 0.2) is 30.5 Å². The first-order chi connectivity index (χ1) is 11.0. The third-order valence-electron chi connectivity index (χ3n) is 3.58. The summed E-state index contributed by atoms with van der Waals surface area (Å²) >= 11 is 0. The molecule has 122 valence electrons. The number of aromatic nitrogens is 1. The Kier molecular flexibility index (Phi) is 5.35. The number of aryl methyl sites for hydroxylation is 1. The minimum atomic E-state index is -1.23. The summed E-state index contributed by atoms with van der Waals surface area (Å²) in [5, 5.41) is 21.0. The molecule has 7 heteroatoms. The molecular weight excluding hydrogens is 300 g/mol. The highest BCUT2D eigenvalue weighted by Crippen LogP contribution is 2.18. The molecule has 0 aliphatic carbocycles. The van der Waals surface area contributed by atoms with Gasteiger partial charge in [-0.2, -0.15) is 0 Å². The number of fused-ring (bicyclic) bond motifs is 1. The van der Waals surface area contributed by atoms with Crippen LogP contribution in [0.5, 0.6) is 0 Å². The first-order valence-corrected chi connectivity index (χ1v) is 7.26. The van der Waals surface area contributed by atoms with E-state index in [0.717, 1.165) is 16.5 Å². The van der Waals surface area contributed by atoms with E-state index in [9.17, 15) is 14.4 Å². The van der Waals surface area contributed by atoms with Crippen LogP contribution in [-0.4, -0.2) is 39.1 Å². The zero-order valence-electron chi connectivity index (χ0n) is 12.4. The fourth-order valence-corrected chi connectivity index (χ4v) is 2.38. The van der Waals surface area contributed by atoms with E-state index in [0.29, 0.717) is 6.42 Å². The maximum Gasteiger partial charge on any atom is 0.326 e. The number of aromatic amines is 1. The van der Waals surface area contributed by atoms with Gasteiger partial charge in [-0.25, -0.2) is 4.79 Å². The molecule has 1 aromatic carbocycles. The summed E-state index contributed by atoms with van der Waals surface area (Å²) in [7, 11) is 0. The van der Waals surface area contributed by atoms with Crippen molar-refractivity contribution in [3.63, 3.8) is 0 Å². The van der Waals surface area contributed by atoms with Crippen LogP contribution in [0.4, 0.5) is 0 Å². The van der Waals surface area contributed by atoms with E-state index in [1.165, 1.54) is 0 Å². The van der Waals surface area contributed by atoms with Crippen LogP contribution >= 0.6 is 0 Å². The number of rotatable bonds is 8. The number of carbonyl (C=O) groups excluding carboxylic acids is 1. The van der Waals surface area contributed by atoms with E-state index >= 15 is 0 Å². The maximum absolute atomic E-state index is 11.9. The number of hydrogen-bond acceptors (Lipinski definition) is 3. The van der Waals surface area contributed by atoms with Crippen LogP contribution in [0.2, 0.25) is 0 Å². The molecule has 0 unspecified atom stereocenters. The lowest BCUT2D eigenvalue weighted by atomic mass is 10.1. The molecule has 0 aliphatic heterocycles. The summed E-state index contributed by atoms with van der Waals surface area (Å²) in [6.07, 6.45) is 2.00. The number of carboxylic acid groups (broad SMARTS) is 2. The minimum Gasteiger partial charge on any atom is -0.481 e. The van der Waals surface area contributed by atoms with Crippen LogP contribution in [0.1, 0.15) is 24.8 Å². The maximum atomic E-state index is 11.9. The van der Waals surface area contributed by atoms with Gasteiger partial charge in [0.2, 0.25) is 5.91 Å². The van der Waals surface area contributed by atoms with Gasteiger partial charge in [-0.3, -0.25) is 9.59 Å². The monoisotopic (exact) mass is 318 g/mol. The Morgan fingerprint density at radius 1 is 1.13 bits per heavy atom. The largest absolute Gasteiger partial charge is 0.481 e. The molecule has 0 radical (unpaired) electrons. The molecule has 7 nitrogen and oxygen atoms in total. The van der Waals surface area contributed by atoms with Crippen molar-refractivity contribution in [2.24, 2.45) is 0 Å². The highest BCUT2D eigenvalue weighted by atomic mass is 16.4. The topological polar surface area (TPSA) is 119 Å². The number of carbonyl (C=O) groups is 3. The van der Waals surface area contributed by atoms with Crippen LogP contribution in [0, 0.1) is 0 Å². The molecule has 1 heterocycles. The molecule has 23 heavy (non-hydrogen) atoms. The van der Waals surface area contributed by atoms with Crippen molar-refractivity contribution in [2.45, 2.75) is 31.7 Å². The fourth-order valence-electron chi connectivity index (χ4n) is 2.38. The Balaban J connectivity index is 1.90. The van der Waals surface area contributed by atoms with E-state index in [4.69, 9.17) is 10.2 Å². The van der Waals surface area contributed by atoms with Crippen molar-refractivity contribution in [1.82, 2.24) is 10.3 Å². The predicted octanol–water partition coefficient (Wildman–Crippen LogP) is 1.53. The van der Waals surface area contributed by atoms with E-state index in [-0.39, 0.29) is 19.3 Å². The third-order valence-corrected chi connectivity index (χ3v) is 3.58. The number of carboxylic acids is 2. The highest BCUT2D eigenvalue weighted by molar-refractivity contribution is 5.86. The first kappa shape index (κ1) is 16.5. The highest BCUT2D eigenvalue weighted by Gasteiger charge is 2.20. The van der Waals surface area contributed by atoms with Crippen LogP contribution < -0.4 is 5.32 Å². The number of H-pyrrole nitrogens is 1. The van der Waals surface area contributed by atoms with Gasteiger partial charge in [-0.15, -0.1) is 0 Å². The average Bonchev–Trinajstić information content (AvgIpc) is 2.92. The van der Waals surface area contributed by atoms with Crippen LogP contribution in [-0.2, 0) is 20.8 Å². The van der Waals surface area contributed by atoms with Crippen molar-refractivity contribution in [1.29, 1.82) is 0 Å². The Labute approximate surface area is 132 Å². The van der Waals surface area contributed by atoms with E-state index in [1.807, 2.05) is 30.5 Å². The third kappa shape index (κ3) is 4.57. The van der Waals surface area contributed by atoms with Gasteiger partial charge in [0.15, 0.2) is 0 Å². The number of para-hydroxylation sites is 1. The fraction of sp³-hybridized carbons (Fsp3) is 0.312. The van der Waals surface area contributed by atoms with Gasteiger partial charge in [0.05, 0.1) is 0 Å². The van der Waals surface area contributed by atoms with Crippen molar-refractivity contribution < 1.29 is 24.6 Å². The number of hydrogen-bond donors (Lipinski definition) is 4. The van der Waals surface area contributed by atoms with E-state index in [2.05, 4.69) is 10.3 Å². The van der Waals surface area contributed by atoms with Crippen molar-refractivity contribution in [2.75, 3.05) is 0 Å². The summed E-state index contributed by atoms with van der Waals surface area (Å²) in [5.74, 6) is -2.73. The Hall–Kier alpha value is -2.83. The molecule has 2 rings (SSSR count). The predicted molar refractivity (Wildman–Crippen MR) is 83.1 cm³/mol. The number of amides is 1. The summed E-state index contributed by atoms with van der Waals surface area (Å²) in [5.41, 5.74) is 1.96. The standard InChI is InChI=1S/C16H18N2O5/c19-14(18-13(16(22)23)6-8-15(20)21)7-5-10-9-17-12-4-2-1-3-11(10)12/h1-4,9,13,17H,5-8H2,(H,18,19)(H,20,21)(H,22,23)/t13-/m0/s1. The summed E-state index contributed by atoms with van der Waals surface area (Å²) in [6.45, 7) is 0. The lowest BCUT2D eigenvalue weighted by Gasteiger charge is -2.13. The minimum absolute atomic E-state index is 0.135.